The minimum atomic E-state index is -0.343. The number of aryl methyl sites for hydroxylation is 1. The Hall–Kier alpha value is -3.86. The Morgan fingerprint density at radius 1 is 1.17 bits per heavy atom. The Morgan fingerprint density at radius 3 is 2.69 bits per heavy atom. The predicted octanol–water partition coefficient (Wildman–Crippen LogP) is 2.90. The lowest BCUT2D eigenvalue weighted by molar-refractivity contribution is 0.240. The second kappa shape index (κ2) is 9.37. The first-order valence-corrected chi connectivity index (χ1v) is 9.17. The van der Waals surface area contributed by atoms with E-state index in [1.54, 1.807) is 16.8 Å². The van der Waals surface area contributed by atoms with Gasteiger partial charge in [0.2, 0.25) is 0 Å². The average Bonchev–Trinajstić information content (AvgIpc) is 3.05. The highest BCUT2D eigenvalue weighted by atomic mass is 19.1. The number of nitrogens with two attached hydrogens (primary N) is 1. The molecule has 0 atom stereocenters. The van der Waals surface area contributed by atoms with Crippen LogP contribution in [0.5, 0.6) is 0 Å². The third kappa shape index (κ3) is 5.11. The van der Waals surface area contributed by atoms with Crippen LogP contribution in [0.3, 0.4) is 0 Å². The van der Waals surface area contributed by atoms with Crippen LogP contribution >= 0.6 is 0 Å². The number of carbonyl (C=O) groups excluding carboxylic acids is 1. The lowest BCUT2D eigenvalue weighted by Gasteiger charge is -2.07. The summed E-state index contributed by atoms with van der Waals surface area (Å²) in [5.41, 5.74) is 8.48. The van der Waals surface area contributed by atoms with E-state index in [0.29, 0.717) is 42.0 Å². The number of para-hydroxylation sites is 1. The maximum absolute atomic E-state index is 13.1. The highest BCUT2D eigenvalue weighted by molar-refractivity contribution is 5.73. The fraction of sp³-hybridized carbons (Fsp3) is 0.190. The van der Waals surface area contributed by atoms with Crippen LogP contribution in [0.2, 0.25) is 0 Å². The van der Waals surface area contributed by atoms with Gasteiger partial charge in [0.15, 0.2) is 0 Å². The number of hydrogen-bond acceptors (Lipinski definition) is 4. The second-order valence-electron chi connectivity index (χ2n) is 6.41. The molecule has 3 rings (SSSR count). The Morgan fingerprint density at radius 2 is 1.97 bits per heavy atom. The average molecular weight is 392 g/mol. The van der Waals surface area contributed by atoms with Crippen molar-refractivity contribution in [1.29, 1.82) is 5.26 Å². The van der Waals surface area contributed by atoms with Crippen molar-refractivity contribution in [2.45, 2.75) is 19.4 Å². The van der Waals surface area contributed by atoms with E-state index in [1.165, 1.54) is 12.1 Å². The van der Waals surface area contributed by atoms with Crippen molar-refractivity contribution in [2.24, 2.45) is 0 Å². The molecule has 0 unspecified atom stereocenters. The molecule has 0 aliphatic heterocycles. The number of aromatic nitrogens is 2. The minimum Gasteiger partial charge on any atom is -0.382 e. The molecule has 3 aromatic rings. The fourth-order valence-electron chi connectivity index (χ4n) is 2.89. The van der Waals surface area contributed by atoms with Gasteiger partial charge in [-0.25, -0.2) is 13.9 Å². The van der Waals surface area contributed by atoms with Crippen molar-refractivity contribution < 1.29 is 9.18 Å². The van der Waals surface area contributed by atoms with Crippen LogP contribution in [-0.2, 0) is 13.0 Å². The third-order valence-corrected chi connectivity index (χ3v) is 4.32. The molecule has 148 valence electrons. The van der Waals surface area contributed by atoms with E-state index in [-0.39, 0.29) is 18.4 Å². The van der Waals surface area contributed by atoms with Gasteiger partial charge in [-0.05, 0) is 42.7 Å². The summed E-state index contributed by atoms with van der Waals surface area (Å²) in [6.07, 6.45) is 1.09. The number of benzene rings is 2. The number of hydrogen-bond donors (Lipinski definition) is 3. The zero-order valence-corrected chi connectivity index (χ0v) is 15.7. The summed E-state index contributed by atoms with van der Waals surface area (Å²) in [7, 11) is 0. The number of nitrogens with one attached hydrogen (secondary N) is 2. The lowest BCUT2D eigenvalue weighted by Crippen LogP contribution is -2.35. The molecule has 1 heterocycles. The molecule has 7 nitrogen and oxygen atoms in total. The SMILES string of the molecule is N#Cc1c(CCCNC(=O)NCc2cccc(F)c2)nn(-c2ccccc2)c1N. The van der Waals surface area contributed by atoms with E-state index in [0.717, 1.165) is 5.69 Å². The van der Waals surface area contributed by atoms with E-state index in [9.17, 15) is 14.4 Å². The Kier molecular flexibility index (Phi) is 6.43. The first-order valence-electron chi connectivity index (χ1n) is 9.17. The van der Waals surface area contributed by atoms with Crippen molar-refractivity contribution in [3.8, 4) is 11.8 Å². The number of nitriles is 1. The van der Waals surface area contributed by atoms with Crippen molar-refractivity contribution in [1.82, 2.24) is 20.4 Å². The molecule has 0 bridgehead atoms. The first-order chi connectivity index (χ1) is 14.1. The summed E-state index contributed by atoms with van der Waals surface area (Å²) >= 11 is 0. The summed E-state index contributed by atoms with van der Waals surface area (Å²) in [5.74, 6) is -0.0401. The number of rotatable bonds is 7. The van der Waals surface area contributed by atoms with Crippen molar-refractivity contribution in [3.05, 3.63) is 77.2 Å². The topological polar surface area (TPSA) is 109 Å². The largest absolute Gasteiger partial charge is 0.382 e. The van der Waals surface area contributed by atoms with E-state index in [4.69, 9.17) is 5.73 Å². The predicted molar refractivity (Wildman–Crippen MR) is 108 cm³/mol. The number of nitrogen functional groups attached to an aromatic ring is 1. The molecular weight excluding hydrogens is 371 g/mol. The molecule has 0 fully saturated rings. The summed E-state index contributed by atoms with van der Waals surface area (Å²) < 4.78 is 14.7. The number of carbonyl (C=O) groups is 1. The van der Waals surface area contributed by atoms with Crippen LogP contribution < -0.4 is 16.4 Å². The van der Waals surface area contributed by atoms with E-state index < -0.39 is 0 Å². The molecule has 1 aromatic heterocycles. The van der Waals surface area contributed by atoms with Gasteiger partial charge in [0.05, 0.1) is 11.4 Å². The highest BCUT2D eigenvalue weighted by Gasteiger charge is 2.16. The molecule has 0 aliphatic carbocycles. The number of urea groups is 1. The molecular formula is C21H21FN6O. The van der Waals surface area contributed by atoms with Crippen molar-refractivity contribution in [2.75, 3.05) is 12.3 Å². The standard InChI is InChI=1S/C21H21FN6O/c22-16-7-4-6-15(12-16)14-26-21(29)25-11-5-10-19-18(13-23)20(24)28(27-19)17-8-2-1-3-9-17/h1-4,6-9,12H,5,10-11,14,24H2,(H2,25,26,29). The van der Waals surface area contributed by atoms with Crippen LogP contribution in [0.25, 0.3) is 5.69 Å². The van der Waals surface area contributed by atoms with Crippen LogP contribution in [-0.4, -0.2) is 22.4 Å². The number of halogens is 1. The third-order valence-electron chi connectivity index (χ3n) is 4.32. The van der Waals surface area contributed by atoms with Gasteiger partial charge in [-0.1, -0.05) is 30.3 Å². The fourth-order valence-corrected chi connectivity index (χ4v) is 2.89. The molecule has 0 saturated carbocycles. The Labute approximate surface area is 168 Å². The minimum absolute atomic E-state index is 0.236. The second-order valence-corrected chi connectivity index (χ2v) is 6.41. The number of nitrogens with zero attached hydrogens (tertiary/aromatic N) is 3. The molecule has 29 heavy (non-hydrogen) atoms. The summed E-state index contributed by atoms with van der Waals surface area (Å²) in [6.45, 7) is 0.637. The maximum atomic E-state index is 13.1. The maximum Gasteiger partial charge on any atom is 0.315 e. The zero-order valence-electron chi connectivity index (χ0n) is 15.7. The van der Waals surface area contributed by atoms with Crippen molar-refractivity contribution >= 4 is 11.8 Å². The van der Waals surface area contributed by atoms with Crippen LogP contribution in [0.4, 0.5) is 15.0 Å². The van der Waals surface area contributed by atoms with Gasteiger partial charge in [0, 0.05) is 13.1 Å². The van der Waals surface area contributed by atoms with Crippen LogP contribution in [0.15, 0.2) is 54.6 Å². The molecule has 0 saturated heterocycles. The van der Waals surface area contributed by atoms with Gasteiger partial charge in [0.1, 0.15) is 23.3 Å². The summed E-state index contributed by atoms with van der Waals surface area (Å²) in [4.78, 5) is 11.9. The van der Waals surface area contributed by atoms with Gasteiger partial charge in [-0.3, -0.25) is 0 Å². The monoisotopic (exact) mass is 392 g/mol. The normalized spacial score (nSPS) is 10.3. The van der Waals surface area contributed by atoms with E-state index >= 15 is 0 Å². The van der Waals surface area contributed by atoms with Crippen LogP contribution in [0.1, 0.15) is 23.2 Å². The zero-order chi connectivity index (χ0) is 20.6. The molecule has 4 N–H and O–H groups in total. The van der Waals surface area contributed by atoms with Gasteiger partial charge in [-0.15, -0.1) is 0 Å². The molecule has 0 aliphatic rings. The lowest BCUT2D eigenvalue weighted by atomic mass is 10.1. The first kappa shape index (κ1) is 19.9. The van der Waals surface area contributed by atoms with Gasteiger partial charge in [-0.2, -0.15) is 10.4 Å². The van der Waals surface area contributed by atoms with Gasteiger partial charge in [0.25, 0.3) is 0 Å². The smallest absolute Gasteiger partial charge is 0.315 e. The Balaban J connectivity index is 1.50. The molecule has 2 amide bonds. The Bertz CT molecular complexity index is 1030. The number of amides is 2. The number of anilines is 1. The quantitative estimate of drug-likeness (QED) is 0.537. The molecule has 0 radical (unpaired) electrons. The van der Waals surface area contributed by atoms with Crippen molar-refractivity contribution in [3.63, 3.8) is 0 Å². The molecule has 8 heteroatoms. The van der Waals surface area contributed by atoms with Gasteiger partial charge < -0.3 is 16.4 Å². The molecule has 0 spiro atoms. The highest BCUT2D eigenvalue weighted by Crippen LogP contribution is 2.21. The van der Waals surface area contributed by atoms with E-state index in [1.807, 2.05) is 30.3 Å². The summed E-state index contributed by atoms with van der Waals surface area (Å²) in [6, 6.07) is 17.2. The van der Waals surface area contributed by atoms with E-state index in [2.05, 4.69) is 21.8 Å². The molecule has 2 aromatic carbocycles. The van der Waals surface area contributed by atoms with Gasteiger partial charge >= 0.3 is 6.03 Å². The summed E-state index contributed by atoms with van der Waals surface area (Å²) in [5, 5.41) is 19.3. The van der Waals surface area contributed by atoms with Crippen LogP contribution in [0, 0.1) is 17.1 Å².